The zero-order valence-corrected chi connectivity index (χ0v) is 27.9. The molecule has 5 rings (SSSR count). The highest BCUT2D eigenvalue weighted by atomic mass is 79.9. The summed E-state index contributed by atoms with van der Waals surface area (Å²) < 4.78 is 24.0. The fraction of sp³-hybridized carbons (Fsp3) is 0.243. The largest absolute Gasteiger partial charge is 0.494 e. The molecule has 4 aromatic carbocycles. The van der Waals surface area contributed by atoms with Crippen LogP contribution in [0, 0.1) is 0 Å². The van der Waals surface area contributed by atoms with Crippen molar-refractivity contribution in [3.63, 3.8) is 0 Å². The Morgan fingerprint density at radius 2 is 1.72 bits per heavy atom. The van der Waals surface area contributed by atoms with Crippen molar-refractivity contribution in [1.82, 2.24) is 10.9 Å². The lowest BCUT2D eigenvalue weighted by Crippen LogP contribution is -2.52. The minimum Gasteiger partial charge on any atom is -0.494 e. The number of nitrogens with zero attached hydrogens (tertiary/aromatic N) is 1. The SMILES string of the molecule is COc1ccc(CNNC(=O)[C@@]2(C/C=C/c3ccccc3)N=C(c3ccc(OCCCO)cc3)O[C@H]2c2ccc(Br)cc2)cc1OC. The number of carbonyl (C=O) groups is 1. The smallest absolute Gasteiger partial charge is 0.266 e. The van der Waals surface area contributed by atoms with Gasteiger partial charge in [0.25, 0.3) is 5.91 Å². The number of nitrogens with one attached hydrogen (secondary N) is 2. The molecule has 0 unspecified atom stereocenters. The lowest BCUT2D eigenvalue weighted by atomic mass is 9.84. The molecule has 3 N–H and O–H groups in total. The number of rotatable bonds is 15. The number of halogens is 1. The summed E-state index contributed by atoms with van der Waals surface area (Å²) in [4.78, 5) is 19.4. The quantitative estimate of drug-likeness (QED) is 0.0972. The number of aliphatic hydroxyl groups is 1. The van der Waals surface area contributed by atoms with Crippen LogP contribution < -0.4 is 25.1 Å². The normalized spacial score (nSPS) is 17.2. The van der Waals surface area contributed by atoms with Gasteiger partial charge in [0.15, 0.2) is 23.1 Å². The fourth-order valence-electron chi connectivity index (χ4n) is 5.22. The Kier molecular flexibility index (Phi) is 11.7. The van der Waals surface area contributed by atoms with Crippen molar-refractivity contribution in [1.29, 1.82) is 0 Å². The highest BCUT2D eigenvalue weighted by Crippen LogP contribution is 2.43. The second kappa shape index (κ2) is 16.3. The molecule has 4 aromatic rings. The lowest BCUT2D eigenvalue weighted by Gasteiger charge is -2.30. The Morgan fingerprint density at radius 3 is 2.43 bits per heavy atom. The van der Waals surface area contributed by atoms with Crippen molar-refractivity contribution in [3.05, 3.63) is 130 Å². The molecule has 0 bridgehead atoms. The number of ether oxygens (including phenoxy) is 4. The van der Waals surface area contributed by atoms with Gasteiger partial charge in [-0.05, 0) is 65.2 Å². The standard InChI is InChI=1S/C37H38BrN3O6/c1-44-32-20-11-27(24-33(32)45-2)25-39-41-36(43)37(21-6-10-26-8-4-3-5-9-26)34(28-12-16-30(38)17-13-28)47-35(40-37)29-14-18-31(19-15-29)46-23-7-22-42/h3-6,8-20,24,34,39,42H,7,21-23,25H2,1-2H3,(H,41,43)/b10-6+/t34-,37-/m0/s1. The van der Waals surface area contributed by atoms with Gasteiger partial charge in [0.2, 0.25) is 5.90 Å². The first-order chi connectivity index (χ1) is 23.0. The molecule has 1 heterocycles. The summed E-state index contributed by atoms with van der Waals surface area (Å²) >= 11 is 3.52. The van der Waals surface area contributed by atoms with E-state index in [2.05, 4.69) is 26.8 Å². The lowest BCUT2D eigenvalue weighted by molar-refractivity contribution is -0.129. The molecule has 0 aromatic heterocycles. The molecule has 2 atom stereocenters. The van der Waals surface area contributed by atoms with E-state index in [-0.39, 0.29) is 18.9 Å². The van der Waals surface area contributed by atoms with Crippen molar-refractivity contribution in [3.8, 4) is 17.2 Å². The summed E-state index contributed by atoms with van der Waals surface area (Å²) in [6.07, 6.45) is 4.02. The van der Waals surface area contributed by atoms with E-state index in [4.69, 9.17) is 29.0 Å². The van der Waals surface area contributed by atoms with Crippen molar-refractivity contribution >= 4 is 33.8 Å². The van der Waals surface area contributed by atoms with Crippen molar-refractivity contribution in [2.45, 2.75) is 31.0 Å². The van der Waals surface area contributed by atoms with Gasteiger partial charge >= 0.3 is 0 Å². The Balaban J connectivity index is 1.47. The summed E-state index contributed by atoms with van der Waals surface area (Å²) in [5.41, 5.74) is 8.06. The maximum atomic E-state index is 14.4. The van der Waals surface area contributed by atoms with Gasteiger partial charge in [-0.25, -0.2) is 10.4 Å². The number of hydrogen-bond donors (Lipinski definition) is 3. The molecule has 0 radical (unpaired) electrons. The minimum absolute atomic E-state index is 0.0617. The molecular weight excluding hydrogens is 662 g/mol. The molecule has 0 saturated heterocycles. The van der Waals surface area contributed by atoms with Gasteiger partial charge in [-0.1, -0.05) is 76.6 Å². The van der Waals surface area contributed by atoms with Crippen LogP contribution in [0.15, 0.2) is 113 Å². The summed E-state index contributed by atoms with van der Waals surface area (Å²) in [6.45, 7) is 0.804. The number of hydrazine groups is 1. The van der Waals surface area contributed by atoms with E-state index in [1.807, 2.05) is 109 Å². The van der Waals surface area contributed by atoms with Gasteiger partial charge in [-0.3, -0.25) is 10.2 Å². The number of aliphatic hydroxyl groups excluding tert-OH is 1. The van der Waals surface area contributed by atoms with E-state index in [1.165, 1.54) is 0 Å². The molecule has 0 fully saturated rings. The first-order valence-electron chi connectivity index (χ1n) is 15.3. The third kappa shape index (κ3) is 8.40. The molecule has 9 nitrogen and oxygen atoms in total. The maximum Gasteiger partial charge on any atom is 0.266 e. The molecule has 1 aliphatic heterocycles. The zero-order valence-electron chi connectivity index (χ0n) is 26.3. The van der Waals surface area contributed by atoms with Crippen LogP contribution >= 0.6 is 15.9 Å². The molecule has 0 spiro atoms. The Labute approximate surface area is 283 Å². The van der Waals surface area contributed by atoms with Crippen LogP contribution in [-0.4, -0.2) is 49.9 Å². The predicted molar refractivity (Wildman–Crippen MR) is 185 cm³/mol. The van der Waals surface area contributed by atoms with Crippen LogP contribution in [0.1, 0.15) is 41.2 Å². The third-order valence-electron chi connectivity index (χ3n) is 7.68. The predicted octanol–water partition coefficient (Wildman–Crippen LogP) is 6.41. The van der Waals surface area contributed by atoms with Gasteiger partial charge < -0.3 is 24.1 Å². The maximum absolute atomic E-state index is 14.4. The minimum atomic E-state index is -1.35. The molecular formula is C37H38BrN3O6. The highest BCUT2D eigenvalue weighted by molar-refractivity contribution is 9.10. The second-order valence-corrected chi connectivity index (χ2v) is 11.8. The average Bonchev–Trinajstić information content (AvgIpc) is 3.50. The number of aliphatic imine (C=N–C) groups is 1. The first kappa shape index (κ1) is 33.7. The molecule has 244 valence electrons. The Bertz CT molecular complexity index is 1680. The van der Waals surface area contributed by atoms with E-state index in [1.54, 1.807) is 14.2 Å². The van der Waals surface area contributed by atoms with E-state index >= 15 is 0 Å². The highest BCUT2D eigenvalue weighted by Gasteiger charge is 2.52. The van der Waals surface area contributed by atoms with Gasteiger partial charge in [0.1, 0.15) is 5.75 Å². The Hall–Kier alpha value is -4.64. The number of hydrogen-bond acceptors (Lipinski definition) is 8. The van der Waals surface area contributed by atoms with Crippen molar-refractivity contribution < 1.29 is 28.8 Å². The van der Waals surface area contributed by atoms with Gasteiger partial charge in [-0.15, -0.1) is 0 Å². The summed E-state index contributed by atoms with van der Waals surface area (Å²) in [6, 6.07) is 30.6. The fourth-order valence-corrected chi connectivity index (χ4v) is 5.48. The third-order valence-corrected chi connectivity index (χ3v) is 8.21. The van der Waals surface area contributed by atoms with Crippen LogP contribution in [0.3, 0.4) is 0 Å². The average molecular weight is 701 g/mol. The summed E-state index contributed by atoms with van der Waals surface area (Å²) in [5, 5.41) is 9.07. The first-order valence-corrected chi connectivity index (χ1v) is 16.1. The van der Waals surface area contributed by atoms with Gasteiger partial charge in [-0.2, -0.15) is 0 Å². The molecule has 1 amide bonds. The van der Waals surface area contributed by atoms with Crippen LogP contribution in [-0.2, 0) is 16.1 Å². The topological polar surface area (TPSA) is 111 Å². The molecule has 47 heavy (non-hydrogen) atoms. The monoisotopic (exact) mass is 699 g/mol. The van der Waals surface area contributed by atoms with Gasteiger partial charge in [0, 0.05) is 36.0 Å². The zero-order chi connectivity index (χ0) is 33.1. The van der Waals surface area contributed by atoms with E-state index in [9.17, 15) is 4.79 Å². The number of methoxy groups -OCH3 is 2. The van der Waals surface area contributed by atoms with E-state index in [0.717, 1.165) is 21.2 Å². The number of amides is 1. The Morgan fingerprint density at radius 1 is 0.979 bits per heavy atom. The van der Waals surface area contributed by atoms with Crippen molar-refractivity contribution in [2.75, 3.05) is 27.4 Å². The second-order valence-electron chi connectivity index (χ2n) is 10.9. The summed E-state index contributed by atoms with van der Waals surface area (Å²) in [5.74, 6) is 1.89. The van der Waals surface area contributed by atoms with E-state index < -0.39 is 11.6 Å². The number of carbonyl (C=O) groups excluding carboxylic acids is 1. The molecule has 0 saturated carbocycles. The van der Waals surface area contributed by atoms with Crippen LogP contribution in [0.25, 0.3) is 6.08 Å². The van der Waals surface area contributed by atoms with E-state index in [0.29, 0.717) is 48.3 Å². The molecule has 0 aliphatic carbocycles. The number of benzene rings is 4. The van der Waals surface area contributed by atoms with Crippen LogP contribution in [0.4, 0.5) is 0 Å². The molecule has 10 heteroatoms. The van der Waals surface area contributed by atoms with Crippen LogP contribution in [0.2, 0.25) is 0 Å². The summed E-state index contributed by atoms with van der Waals surface area (Å²) in [7, 11) is 3.17. The van der Waals surface area contributed by atoms with Crippen molar-refractivity contribution in [2.24, 2.45) is 4.99 Å². The molecule has 1 aliphatic rings. The van der Waals surface area contributed by atoms with Gasteiger partial charge in [0.05, 0.1) is 20.8 Å². The van der Waals surface area contributed by atoms with Crippen LogP contribution in [0.5, 0.6) is 17.2 Å².